The van der Waals surface area contributed by atoms with Crippen LogP contribution in [0.1, 0.15) is 12.5 Å². The average Bonchev–Trinajstić information content (AvgIpc) is 2.97. The van der Waals surface area contributed by atoms with Crippen LogP contribution in [0, 0.1) is 0 Å². The van der Waals surface area contributed by atoms with Crippen LogP contribution >= 0.6 is 23.4 Å². The fourth-order valence-corrected chi connectivity index (χ4v) is 3.24. The summed E-state index contributed by atoms with van der Waals surface area (Å²) in [5, 5.41) is 3.91. The number of nitrogens with one attached hydrogen (secondary N) is 2. The number of hydrogen-bond acceptors (Lipinski definition) is 4. The molecule has 3 aromatic rings. The van der Waals surface area contributed by atoms with Crippen molar-refractivity contribution in [1.82, 2.24) is 20.3 Å². The van der Waals surface area contributed by atoms with Crippen molar-refractivity contribution in [3.05, 3.63) is 53.2 Å². The summed E-state index contributed by atoms with van der Waals surface area (Å²) in [6, 6.07) is 11.9. The SMILES string of the molecule is CC(Sc1nc2ncc(Cl)cc2[nH]1)C(=O)NCCc1ccccc1. The van der Waals surface area contributed by atoms with Crippen LogP contribution in [0.2, 0.25) is 5.02 Å². The summed E-state index contributed by atoms with van der Waals surface area (Å²) in [6.45, 7) is 2.47. The number of fused-ring (bicyclic) bond motifs is 1. The van der Waals surface area contributed by atoms with Crippen LogP contribution < -0.4 is 5.32 Å². The van der Waals surface area contributed by atoms with Gasteiger partial charge >= 0.3 is 0 Å². The highest BCUT2D eigenvalue weighted by atomic mass is 35.5. The van der Waals surface area contributed by atoms with E-state index in [4.69, 9.17) is 11.6 Å². The lowest BCUT2D eigenvalue weighted by Gasteiger charge is -2.10. The van der Waals surface area contributed by atoms with E-state index in [2.05, 4.69) is 32.4 Å². The zero-order valence-corrected chi connectivity index (χ0v) is 14.7. The van der Waals surface area contributed by atoms with Crippen molar-refractivity contribution in [3.63, 3.8) is 0 Å². The zero-order chi connectivity index (χ0) is 16.9. The molecule has 0 saturated carbocycles. The first kappa shape index (κ1) is 16.8. The van der Waals surface area contributed by atoms with Crippen molar-refractivity contribution < 1.29 is 4.79 Å². The number of nitrogens with zero attached hydrogens (tertiary/aromatic N) is 2. The highest BCUT2D eigenvalue weighted by molar-refractivity contribution is 8.00. The lowest BCUT2D eigenvalue weighted by atomic mass is 10.1. The number of pyridine rings is 1. The molecule has 1 aromatic carbocycles. The third kappa shape index (κ3) is 4.27. The molecule has 2 aromatic heterocycles. The molecule has 7 heteroatoms. The standard InChI is InChI=1S/C17H17ClN4OS/c1-11(16(23)19-8-7-12-5-3-2-4-6-12)24-17-21-14-9-13(18)10-20-15(14)22-17/h2-6,9-11H,7-8H2,1H3,(H,19,23)(H,20,21,22). The molecule has 0 spiro atoms. The van der Waals surface area contributed by atoms with E-state index in [0.29, 0.717) is 22.4 Å². The topological polar surface area (TPSA) is 70.7 Å². The van der Waals surface area contributed by atoms with Crippen molar-refractivity contribution in [1.29, 1.82) is 0 Å². The molecule has 0 aliphatic heterocycles. The second kappa shape index (κ2) is 7.68. The predicted molar refractivity (Wildman–Crippen MR) is 97.4 cm³/mol. The van der Waals surface area contributed by atoms with Crippen LogP contribution in [0.5, 0.6) is 0 Å². The molecular formula is C17H17ClN4OS. The van der Waals surface area contributed by atoms with Crippen molar-refractivity contribution in [2.24, 2.45) is 0 Å². The molecule has 124 valence electrons. The maximum Gasteiger partial charge on any atom is 0.233 e. The number of carbonyl (C=O) groups is 1. The van der Waals surface area contributed by atoms with Gasteiger partial charge in [-0.05, 0) is 25.0 Å². The van der Waals surface area contributed by atoms with Crippen molar-refractivity contribution in [3.8, 4) is 0 Å². The van der Waals surface area contributed by atoms with E-state index >= 15 is 0 Å². The Labute approximate surface area is 149 Å². The minimum absolute atomic E-state index is 0.0117. The van der Waals surface area contributed by atoms with Crippen LogP contribution in [0.4, 0.5) is 0 Å². The van der Waals surface area contributed by atoms with Gasteiger partial charge in [0.05, 0.1) is 15.8 Å². The number of rotatable bonds is 6. The molecule has 2 N–H and O–H groups in total. The number of hydrogen-bond donors (Lipinski definition) is 2. The Balaban J connectivity index is 1.53. The second-order valence-electron chi connectivity index (χ2n) is 5.35. The summed E-state index contributed by atoms with van der Waals surface area (Å²) < 4.78 is 0. The summed E-state index contributed by atoms with van der Waals surface area (Å²) in [5.74, 6) is -0.0117. The number of imidazole rings is 1. The van der Waals surface area contributed by atoms with E-state index in [1.165, 1.54) is 17.3 Å². The Morgan fingerprint density at radius 3 is 2.96 bits per heavy atom. The molecule has 1 amide bonds. The van der Waals surface area contributed by atoms with Crippen LogP contribution in [-0.4, -0.2) is 32.7 Å². The highest BCUT2D eigenvalue weighted by Crippen LogP contribution is 2.23. The minimum atomic E-state index is -0.253. The molecule has 0 bridgehead atoms. The van der Waals surface area contributed by atoms with Gasteiger partial charge in [-0.1, -0.05) is 53.7 Å². The highest BCUT2D eigenvalue weighted by Gasteiger charge is 2.16. The largest absolute Gasteiger partial charge is 0.355 e. The number of aromatic amines is 1. The third-order valence-electron chi connectivity index (χ3n) is 3.50. The maximum absolute atomic E-state index is 12.2. The van der Waals surface area contributed by atoms with Gasteiger partial charge in [-0.3, -0.25) is 4.79 Å². The Kier molecular flexibility index (Phi) is 5.37. The van der Waals surface area contributed by atoms with E-state index < -0.39 is 0 Å². The van der Waals surface area contributed by atoms with Crippen LogP contribution in [0.15, 0.2) is 47.8 Å². The molecule has 0 aliphatic rings. The molecule has 0 radical (unpaired) electrons. The molecule has 1 unspecified atom stereocenters. The predicted octanol–water partition coefficient (Wildman–Crippen LogP) is 3.45. The van der Waals surface area contributed by atoms with Gasteiger partial charge in [0.15, 0.2) is 10.8 Å². The molecule has 24 heavy (non-hydrogen) atoms. The van der Waals surface area contributed by atoms with E-state index in [1.54, 1.807) is 12.3 Å². The molecule has 2 heterocycles. The van der Waals surface area contributed by atoms with Gasteiger partial charge < -0.3 is 10.3 Å². The van der Waals surface area contributed by atoms with Gasteiger partial charge in [0, 0.05) is 12.7 Å². The summed E-state index contributed by atoms with van der Waals surface area (Å²) in [7, 11) is 0. The molecule has 5 nitrogen and oxygen atoms in total. The van der Waals surface area contributed by atoms with E-state index in [0.717, 1.165) is 11.9 Å². The van der Waals surface area contributed by atoms with Gasteiger partial charge in [-0.25, -0.2) is 9.97 Å². The maximum atomic E-state index is 12.2. The molecule has 0 fully saturated rings. The molecule has 3 rings (SSSR count). The van der Waals surface area contributed by atoms with Crippen molar-refractivity contribution in [2.45, 2.75) is 23.8 Å². The Hall–Kier alpha value is -2.05. The number of amides is 1. The van der Waals surface area contributed by atoms with Gasteiger partial charge in [-0.2, -0.15) is 0 Å². The number of thioether (sulfide) groups is 1. The van der Waals surface area contributed by atoms with E-state index in [-0.39, 0.29) is 11.2 Å². The van der Waals surface area contributed by atoms with E-state index in [1.807, 2.05) is 25.1 Å². The van der Waals surface area contributed by atoms with Gasteiger partial charge in [0.1, 0.15) is 0 Å². The first-order valence-corrected chi connectivity index (χ1v) is 8.87. The molecule has 0 aliphatic carbocycles. The lowest BCUT2D eigenvalue weighted by Crippen LogP contribution is -2.32. The number of carbonyl (C=O) groups excluding carboxylic acids is 1. The normalized spacial score (nSPS) is 12.2. The fourth-order valence-electron chi connectivity index (χ4n) is 2.25. The second-order valence-corrected chi connectivity index (χ2v) is 7.12. The molecule has 1 atom stereocenters. The smallest absolute Gasteiger partial charge is 0.233 e. The van der Waals surface area contributed by atoms with Gasteiger partial charge in [0.25, 0.3) is 0 Å². The minimum Gasteiger partial charge on any atom is -0.355 e. The van der Waals surface area contributed by atoms with E-state index in [9.17, 15) is 4.79 Å². The van der Waals surface area contributed by atoms with Crippen LogP contribution in [0.25, 0.3) is 11.2 Å². The quantitative estimate of drug-likeness (QED) is 0.660. The number of benzene rings is 1. The summed E-state index contributed by atoms with van der Waals surface area (Å²) in [5.41, 5.74) is 2.57. The average molecular weight is 361 g/mol. The monoisotopic (exact) mass is 360 g/mol. The Morgan fingerprint density at radius 2 is 2.17 bits per heavy atom. The van der Waals surface area contributed by atoms with Crippen LogP contribution in [-0.2, 0) is 11.2 Å². The summed E-state index contributed by atoms with van der Waals surface area (Å²) in [6.07, 6.45) is 2.37. The number of aromatic nitrogens is 3. The first-order valence-electron chi connectivity index (χ1n) is 7.61. The number of H-pyrrole nitrogens is 1. The first-order chi connectivity index (χ1) is 11.6. The Bertz CT molecular complexity index is 837. The third-order valence-corrected chi connectivity index (χ3v) is 4.69. The molecule has 0 saturated heterocycles. The van der Waals surface area contributed by atoms with Crippen LogP contribution in [0.3, 0.4) is 0 Å². The zero-order valence-electron chi connectivity index (χ0n) is 13.1. The van der Waals surface area contributed by atoms with Crippen molar-refractivity contribution >= 4 is 40.4 Å². The lowest BCUT2D eigenvalue weighted by molar-refractivity contribution is -0.120. The summed E-state index contributed by atoms with van der Waals surface area (Å²) >= 11 is 7.28. The fraction of sp³-hybridized carbons (Fsp3) is 0.235. The van der Waals surface area contributed by atoms with Gasteiger partial charge in [0.2, 0.25) is 5.91 Å². The van der Waals surface area contributed by atoms with Gasteiger partial charge in [-0.15, -0.1) is 0 Å². The number of halogens is 1. The Morgan fingerprint density at radius 1 is 1.38 bits per heavy atom. The van der Waals surface area contributed by atoms with Crippen molar-refractivity contribution in [2.75, 3.05) is 6.54 Å². The summed E-state index contributed by atoms with van der Waals surface area (Å²) in [4.78, 5) is 23.8. The molecular weight excluding hydrogens is 344 g/mol.